The summed E-state index contributed by atoms with van der Waals surface area (Å²) in [6.45, 7) is 2.05. The number of carbonyl (C=O) groups excluding carboxylic acids is 4. The molecule has 16 heteroatoms. The van der Waals surface area contributed by atoms with Crippen molar-refractivity contribution >= 4 is 52.8 Å². The van der Waals surface area contributed by atoms with E-state index < -0.39 is 66.7 Å². The van der Waals surface area contributed by atoms with E-state index >= 15 is 0 Å². The van der Waals surface area contributed by atoms with Crippen LogP contribution in [0.3, 0.4) is 0 Å². The van der Waals surface area contributed by atoms with E-state index in [0.717, 1.165) is 11.0 Å². The first-order valence-electron chi connectivity index (χ1n) is 12.5. The van der Waals surface area contributed by atoms with Crippen LogP contribution in [0.15, 0.2) is 34.8 Å². The van der Waals surface area contributed by atoms with Crippen molar-refractivity contribution in [2.45, 2.75) is 31.7 Å². The maximum Gasteiger partial charge on any atom is 0.547 e. The molecule has 0 bridgehead atoms. The molecular formula is C25H26BBrN4O10. The molecule has 0 aliphatic carbocycles. The van der Waals surface area contributed by atoms with Crippen LogP contribution in [0.5, 0.6) is 17.2 Å². The van der Waals surface area contributed by atoms with E-state index in [9.17, 15) is 44.3 Å². The highest BCUT2D eigenvalue weighted by Gasteiger charge is 2.39. The fraction of sp³-hybridized carbons (Fsp3) is 0.320. The molecule has 14 nitrogen and oxygen atoms in total. The molecule has 6 N–H and O–H groups in total. The number of carbonyl (C=O) groups is 5. The number of nitrogens with zero attached hydrogens (tertiary/aromatic N) is 2. The van der Waals surface area contributed by atoms with Crippen LogP contribution in [-0.2, 0) is 20.8 Å². The Bertz CT molecular complexity index is 1400. The fourth-order valence-corrected chi connectivity index (χ4v) is 5.09. The van der Waals surface area contributed by atoms with Crippen molar-refractivity contribution in [2.75, 3.05) is 19.6 Å². The van der Waals surface area contributed by atoms with Gasteiger partial charge in [0.15, 0.2) is 11.5 Å². The number of amides is 5. The van der Waals surface area contributed by atoms with E-state index in [0.29, 0.717) is 12.1 Å². The predicted molar refractivity (Wildman–Crippen MR) is 145 cm³/mol. The molecule has 1 saturated heterocycles. The monoisotopic (exact) mass is 632 g/mol. The second-order valence-electron chi connectivity index (χ2n) is 9.40. The number of carboxylic acids is 1. The second kappa shape index (κ2) is 12.1. The quantitative estimate of drug-likeness (QED) is 0.142. The van der Waals surface area contributed by atoms with Crippen molar-refractivity contribution in [1.29, 1.82) is 0 Å². The number of para-hydroxylation sites is 1. The molecule has 2 aliphatic rings. The van der Waals surface area contributed by atoms with Crippen molar-refractivity contribution in [2.24, 2.45) is 0 Å². The molecule has 1 unspecified atom stereocenters. The number of hydrogen-bond donors (Lipinski definition) is 6. The van der Waals surface area contributed by atoms with Crippen molar-refractivity contribution < 1.29 is 49.0 Å². The lowest BCUT2D eigenvalue weighted by atomic mass is 9.72. The Labute approximate surface area is 242 Å². The molecule has 1 fully saturated rings. The van der Waals surface area contributed by atoms with Gasteiger partial charge in [0.05, 0.1) is 28.4 Å². The number of hydrogen-bond acceptors (Lipinski definition) is 9. The van der Waals surface area contributed by atoms with Crippen LogP contribution < -0.4 is 15.3 Å². The van der Waals surface area contributed by atoms with Gasteiger partial charge >= 0.3 is 30.9 Å². The van der Waals surface area contributed by atoms with E-state index in [1.54, 1.807) is 13.0 Å². The fourth-order valence-electron chi connectivity index (χ4n) is 4.62. The summed E-state index contributed by atoms with van der Waals surface area (Å²) in [5, 5.41) is 45.1. The Morgan fingerprint density at radius 1 is 1.17 bits per heavy atom. The summed E-state index contributed by atoms with van der Waals surface area (Å²) in [6.07, 6.45) is -0.408. The number of nitrogens with one attached hydrogen (secondary N) is 2. The number of piperazine rings is 1. The van der Waals surface area contributed by atoms with E-state index in [1.807, 2.05) is 0 Å². The van der Waals surface area contributed by atoms with Gasteiger partial charge in [-0.15, -0.1) is 0 Å². The van der Waals surface area contributed by atoms with Crippen molar-refractivity contribution in [3.63, 3.8) is 0 Å². The molecule has 2 atom stereocenters. The first kappa shape index (κ1) is 29.7. The van der Waals surface area contributed by atoms with Crippen LogP contribution in [0.2, 0.25) is 0 Å². The number of aromatic hydroxyl groups is 2. The molecule has 4 rings (SSSR count). The summed E-state index contributed by atoms with van der Waals surface area (Å²) in [5.41, 5.74) is 0.491. The summed E-state index contributed by atoms with van der Waals surface area (Å²) >= 11 is 3.10. The average molecular weight is 633 g/mol. The molecule has 2 heterocycles. The molecular weight excluding hydrogens is 607 g/mol. The van der Waals surface area contributed by atoms with Gasteiger partial charge in [-0.1, -0.05) is 12.1 Å². The first-order valence-corrected chi connectivity index (χ1v) is 13.3. The van der Waals surface area contributed by atoms with Crippen LogP contribution >= 0.6 is 15.9 Å². The van der Waals surface area contributed by atoms with E-state index in [1.165, 1.54) is 23.1 Å². The summed E-state index contributed by atoms with van der Waals surface area (Å²) < 4.78 is 5.47. The number of carboxylic acid groups (broad SMARTS) is 1. The van der Waals surface area contributed by atoms with Crippen LogP contribution in [0.1, 0.15) is 40.9 Å². The third kappa shape index (κ3) is 6.22. The topological polar surface area (TPSA) is 206 Å². The zero-order chi connectivity index (χ0) is 30.0. The standard InChI is InChI=1S/C25H26BBrN4O10/c1-2-30-6-7-31(23(36)22(30)35)25(39)28-16(13-8-15(27)20(34)17(32)9-13)11-19(33)29-18-10-12-4-3-5-14(24(37)38)21(12)41-26(18)40/h3-5,8-9,16,18,32,34,40H,2,6-7,10-11H2,1H3,(H,28,39)(H,29,33)(H,37,38)/t16?,18-/m0/s1. The first-order chi connectivity index (χ1) is 19.4. The van der Waals surface area contributed by atoms with Gasteiger partial charge in [-0.3, -0.25) is 19.3 Å². The molecule has 0 saturated carbocycles. The second-order valence-corrected chi connectivity index (χ2v) is 10.3. The zero-order valence-corrected chi connectivity index (χ0v) is 23.3. The number of rotatable bonds is 7. The van der Waals surface area contributed by atoms with Gasteiger partial charge in [0.25, 0.3) is 0 Å². The third-order valence-corrected chi connectivity index (χ3v) is 7.39. The SMILES string of the molecule is CCN1CCN(C(=O)NC(CC(=O)N[C@H]2Cc3cccc(C(=O)O)c3OB2O)c2cc(O)c(O)c(Br)c2)C(=O)C1=O. The van der Waals surface area contributed by atoms with Gasteiger partial charge in [-0.2, -0.15) is 0 Å². The normalized spacial score (nSPS) is 17.4. The summed E-state index contributed by atoms with van der Waals surface area (Å²) in [4.78, 5) is 64.5. The van der Waals surface area contributed by atoms with Gasteiger partial charge in [0, 0.05) is 19.6 Å². The van der Waals surface area contributed by atoms with Crippen LogP contribution in [-0.4, -0.2) is 92.6 Å². The number of phenols is 2. The Hall–Kier alpha value is -4.31. The van der Waals surface area contributed by atoms with Crippen LogP contribution in [0, 0.1) is 0 Å². The Morgan fingerprint density at radius 3 is 2.56 bits per heavy atom. The Balaban J connectivity index is 1.53. The Kier molecular flexibility index (Phi) is 8.73. The van der Waals surface area contributed by atoms with Gasteiger partial charge in [-0.05, 0) is 58.6 Å². The predicted octanol–water partition coefficient (Wildman–Crippen LogP) is 0.530. The van der Waals surface area contributed by atoms with Gasteiger partial charge in [0.1, 0.15) is 5.75 Å². The van der Waals surface area contributed by atoms with Gasteiger partial charge < -0.3 is 40.5 Å². The molecule has 0 radical (unpaired) electrons. The molecule has 0 aromatic heterocycles. The van der Waals surface area contributed by atoms with Crippen molar-refractivity contribution in [3.8, 4) is 17.2 Å². The molecule has 216 valence electrons. The number of urea groups is 1. The van der Waals surface area contributed by atoms with Crippen LogP contribution in [0.25, 0.3) is 0 Å². The maximum atomic E-state index is 13.1. The average Bonchev–Trinajstić information content (AvgIpc) is 2.92. The molecule has 5 amide bonds. The number of fused-ring (bicyclic) bond motifs is 1. The minimum atomic E-state index is -1.58. The lowest BCUT2D eigenvalue weighted by Gasteiger charge is -2.33. The third-order valence-electron chi connectivity index (χ3n) is 6.79. The lowest BCUT2D eigenvalue weighted by molar-refractivity contribution is -0.153. The van der Waals surface area contributed by atoms with Crippen molar-refractivity contribution in [3.05, 3.63) is 51.5 Å². The summed E-state index contributed by atoms with van der Waals surface area (Å²) in [6, 6.07) is 4.81. The minimum Gasteiger partial charge on any atom is -0.534 e. The highest BCUT2D eigenvalue weighted by molar-refractivity contribution is 9.10. The molecule has 41 heavy (non-hydrogen) atoms. The molecule has 2 aromatic carbocycles. The maximum absolute atomic E-state index is 13.1. The lowest BCUT2D eigenvalue weighted by Crippen LogP contribution is -2.58. The number of benzene rings is 2. The number of phenolic OH excluding ortho intramolecular Hbond substituents is 2. The summed E-state index contributed by atoms with van der Waals surface area (Å²) in [7, 11) is -1.58. The molecule has 2 aromatic rings. The van der Waals surface area contributed by atoms with Crippen molar-refractivity contribution in [1.82, 2.24) is 20.4 Å². The van der Waals surface area contributed by atoms with Crippen LogP contribution in [0.4, 0.5) is 4.79 Å². The van der Waals surface area contributed by atoms with E-state index in [2.05, 4.69) is 26.6 Å². The number of aromatic carboxylic acids is 1. The largest absolute Gasteiger partial charge is 0.547 e. The van der Waals surface area contributed by atoms with Gasteiger partial charge in [0.2, 0.25) is 5.91 Å². The highest BCUT2D eigenvalue weighted by Crippen LogP contribution is 2.37. The summed E-state index contributed by atoms with van der Waals surface area (Å²) in [5.74, 6) is -5.79. The van der Waals surface area contributed by atoms with E-state index in [-0.39, 0.29) is 40.9 Å². The number of halogens is 1. The van der Waals surface area contributed by atoms with Gasteiger partial charge in [-0.25, -0.2) is 9.59 Å². The highest BCUT2D eigenvalue weighted by atomic mass is 79.9. The number of imide groups is 1. The molecule has 0 spiro atoms. The zero-order valence-electron chi connectivity index (χ0n) is 21.7. The smallest absolute Gasteiger partial charge is 0.534 e. The van der Waals surface area contributed by atoms with E-state index in [4.69, 9.17) is 4.65 Å². The number of likely N-dealkylation sites (N-methyl/N-ethyl adjacent to an activating group) is 1. The minimum absolute atomic E-state index is 0.00468. The Morgan fingerprint density at radius 2 is 1.90 bits per heavy atom. The molecule has 2 aliphatic heterocycles.